The summed E-state index contributed by atoms with van der Waals surface area (Å²) in [5, 5.41) is 3.44. The number of pyridine rings is 1. The zero-order chi connectivity index (χ0) is 22.1. The number of carbonyl (C=O) groups is 1. The predicted octanol–water partition coefficient (Wildman–Crippen LogP) is 4.08. The number of nitrogens with zero attached hydrogens (tertiary/aromatic N) is 1. The van der Waals surface area contributed by atoms with E-state index in [4.69, 9.17) is 4.74 Å². The van der Waals surface area contributed by atoms with E-state index >= 15 is 0 Å². The van der Waals surface area contributed by atoms with Crippen LogP contribution in [0.5, 0.6) is 0 Å². The number of carbonyl (C=O) groups excluding carboxylic acids is 1. The average Bonchev–Trinajstić information content (AvgIpc) is 2.68. The Balaban J connectivity index is 2.07. The molecular weight excluding hydrogens is 397 g/mol. The van der Waals surface area contributed by atoms with E-state index in [1.54, 1.807) is 38.3 Å². The third-order valence-electron chi connectivity index (χ3n) is 4.69. The van der Waals surface area contributed by atoms with E-state index < -0.39 is 11.7 Å². The number of methoxy groups -OCH3 is 1. The average molecular weight is 418 g/mol. The van der Waals surface area contributed by atoms with Crippen LogP contribution in [0, 0.1) is 6.92 Å². The van der Waals surface area contributed by atoms with Crippen LogP contribution in [0.1, 0.15) is 28.4 Å². The zero-order valence-corrected chi connectivity index (χ0v) is 16.7. The molecule has 1 heterocycles. The van der Waals surface area contributed by atoms with Gasteiger partial charge in [-0.15, -0.1) is 0 Å². The molecule has 0 aliphatic heterocycles. The second-order valence-corrected chi connectivity index (χ2v) is 7.12. The Labute approximate surface area is 171 Å². The minimum Gasteiger partial charge on any atom is -0.383 e. The number of nitrogens with one attached hydrogen (secondary N) is 1. The highest BCUT2D eigenvalue weighted by atomic mass is 19.4. The molecule has 0 aliphatic carbocycles. The maximum absolute atomic E-state index is 12.9. The van der Waals surface area contributed by atoms with Gasteiger partial charge in [0.1, 0.15) is 0 Å². The van der Waals surface area contributed by atoms with Gasteiger partial charge in [0.25, 0.3) is 11.5 Å². The quantitative estimate of drug-likeness (QED) is 0.679. The summed E-state index contributed by atoms with van der Waals surface area (Å²) in [6.07, 6.45) is -4.46. The van der Waals surface area contributed by atoms with Gasteiger partial charge in [-0.3, -0.25) is 14.2 Å². The lowest BCUT2D eigenvalue weighted by Crippen LogP contribution is -2.35. The molecule has 3 aromatic rings. The lowest BCUT2D eigenvalue weighted by molar-refractivity contribution is -0.137. The summed E-state index contributed by atoms with van der Waals surface area (Å²) in [6.45, 7) is 3.80. The van der Waals surface area contributed by atoms with Crippen LogP contribution in [0.3, 0.4) is 0 Å². The molecular formula is C22H21F3N2O3. The molecule has 0 radical (unpaired) electrons. The predicted molar refractivity (Wildman–Crippen MR) is 108 cm³/mol. The van der Waals surface area contributed by atoms with E-state index in [9.17, 15) is 22.8 Å². The van der Waals surface area contributed by atoms with Crippen molar-refractivity contribution < 1.29 is 22.7 Å². The van der Waals surface area contributed by atoms with E-state index in [0.29, 0.717) is 34.3 Å². The van der Waals surface area contributed by atoms with E-state index in [1.807, 2.05) is 6.92 Å². The molecule has 0 bridgehead atoms. The molecule has 1 atom stereocenters. The lowest BCUT2D eigenvalue weighted by atomic mass is 10.1. The van der Waals surface area contributed by atoms with Crippen molar-refractivity contribution in [3.63, 3.8) is 0 Å². The van der Waals surface area contributed by atoms with Crippen molar-refractivity contribution >= 4 is 16.8 Å². The molecule has 0 spiro atoms. The normalized spacial score (nSPS) is 12.7. The molecule has 0 saturated heterocycles. The molecule has 3 rings (SSSR count). The van der Waals surface area contributed by atoms with Gasteiger partial charge in [-0.1, -0.05) is 0 Å². The van der Waals surface area contributed by atoms with E-state index in [2.05, 4.69) is 5.32 Å². The van der Waals surface area contributed by atoms with E-state index in [-0.39, 0.29) is 17.5 Å². The van der Waals surface area contributed by atoms with Crippen LogP contribution in [0.15, 0.2) is 53.3 Å². The summed E-state index contributed by atoms with van der Waals surface area (Å²) in [5.41, 5.74) is 0.489. The first-order chi connectivity index (χ1) is 14.1. The third-order valence-corrected chi connectivity index (χ3v) is 4.69. The fraction of sp³-hybridized carbons (Fsp3) is 0.273. The van der Waals surface area contributed by atoms with Crippen molar-refractivity contribution in [3.8, 4) is 5.69 Å². The van der Waals surface area contributed by atoms with Gasteiger partial charge in [-0.2, -0.15) is 13.2 Å². The minimum atomic E-state index is -4.46. The largest absolute Gasteiger partial charge is 0.416 e. The molecule has 1 N–H and O–H groups in total. The Kier molecular flexibility index (Phi) is 5.98. The van der Waals surface area contributed by atoms with Gasteiger partial charge in [-0.05, 0) is 67.8 Å². The second-order valence-electron chi connectivity index (χ2n) is 7.12. The van der Waals surface area contributed by atoms with Gasteiger partial charge in [0.2, 0.25) is 0 Å². The summed E-state index contributed by atoms with van der Waals surface area (Å²) in [4.78, 5) is 25.2. The molecule has 0 fully saturated rings. The summed E-state index contributed by atoms with van der Waals surface area (Å²) >= 11 is 0. The Hall–Kier alpha value is -3.13. The number of hydrogen-bond donors (Lipinski definition) is 1. The van der Waals surface area contributed by atoms with Gasteiger partial charge in [0, 0.05) is 30.0 Å². The lowest BCUT2D eigenvalue weighted by Gasteiger charge is -2.15. The van der Waals surface area contributed by atoms with Crippen LogP contribution in [-0.4, -0.2) is 30.2 Å². The Morgan fingerprint density at radius 1 is 1.13 bits per heavy atom. The fourth-order valence-corrected chi connectivity index (χ4v) is 3.25. The van der Waals surface area contributed by atoms with Crippen LogP contribution in [0.4, 0.5) is 13.2 Å². The summed E-state index contributed by atoms with van der Waals surface area (Å²) in [7, 11) is 1.54. The number of hydrogen-bond acceptors (Lipinski definition) is 3. The number of halogens is 3. The van der Waals surface area contributed by atoms with Crippen molar-refractivity contribution in [1.82, 2.24) is 9.88 Å². The van der Waals surface area contributed by atoms with Crippen molar-refractivity contribution in [2.75, 3.05) is 13.7 Å². The summed E-state index contributed by atoms with van der Waals surface area (Å²) < 4.78 is 44.9. The number of aryl methyl sites for hydroxylation is 1. The number of rotatable bonds is 5. The SMILES string of the molecule is COC[C@H](C)NC(=O)c1ccc2c(c1)cc(C)c(=O)n2-c1ccc(C(F)(F)F)cc1. The van der Waals surface area contributed by atoms with Crippen molar-refractivity contribution in [2.45, 2.75) is 26.1 Å². The number of alkyl halides is 3. The van der Waals surface area contributed by atoms with Crippen LogP contribution in [-0.2, 0) is 10.9 Å². The molecule has 0 unspecified atom stereocenters. The van der Waals surface area contributed by atoms with Gasteiger partial charge < -0.3 is 10.1 Å². The molecule has 0 saturated carbocycles. The number of fused-ring (bicyclic) bond motifs is 1. The smallest absolute Gasteiger partial charge is 0.383 e. The second kappa shape index (κ2) is 8.31. The maximum Gasteiger partial charge on any atom is 0.416 e. The standard InChI is InChI=1S/C22H21F3N2O3/c1-13-10-16-11-15(20(28)26-14(2)12-30-3)4-9-19(16)27(21(13)29)18-7-5-17(6-8-18)22(23,24)25/h4-11,14H,12H2,1-3H3,(H,26,28)/t14-/m0/s1. The number of benzene rings is 2. The monoisotopic (exact) mass is 418 g/mol. The summed E-state index contributed by atoms with van der Waals surface area (Å²) in [6, 6.07) is 10.7. The first-order valence-electron chi connectivity index (χ1n) is 9.25. The van der Waals surface area contributed by atoms with Gasteiger partial charge in [-0.25, -0.2) is 0 Å². The maximum atomic E-state index is 12.9. The number of aromatic nitrogens is 1. The van der Waals surface area contributed by atoms with Crippen LogP contribution >= 0.6 is 0 Å². The number of ether oxygens (including phenoxy) is 1. The van der Waals surface area contributed by atoms with Crippen molar-refractivity contribution in [1.29, 1.82) is 0 Å². The molecule has 5 nitrogen and oxygen atoms in total. The van der Waals surface area contributed by atoms with Gasteiger partial charge in [0.15, 0.2) is 0 Å². The van der Waals surface area contributed by atoms with Crippen molar-refractivity contribution in [2.24, 2.45) is 0 Å². The topological polar surface area (TPSA) is 60.3 Å². The number of amides is 1. The highest BCUT2D eigenvalue weighted by molar-refractivity contribution is 5.98. The highest BCUT2D eigenvalue weighted by Crippen LogP contribution is 2.30. The van der Waals surface area contributed by atoms with Crippen LogP contribution in [0.2, 0.25) is 0 Å². The fourth-order valence-electron chi connectivity index (χ4n) is 3.25. The molecule has 8 heteroatoms. The minimum absolute atomic E-state index is 0.180. The first-order valence-corrected chi connectivity index (χ1v) is 9.25. The highest BCUT2D eigenvalue weighted by Gasteiger charge is 2.30. The molecule has 1 amide bonds. The van der Waals surface area contributed by atoms with Crippen molar-refractivity contribution in [3.05, 3.63) is 75.6 Å². The van der Waals surface area contributed by atoms with E-state index in [0.717, 1.165) is 12.1 Å². The van der Waals surface area contributed by atoms with Crippen LogP contribution < -0.4 is 10.9 Å². The molecule has 158 valence electrons. The Morgan fingerprint density at radius 2 is 1.80 bits per heavy atom. The van der Waals surface area contributed by atoms with Gasteiger partial charge in [0.05, 0.1) is 17.7 Å². The Bertz CT molecular complexity index is 1140. The molecule has 1 aromatic heterocycles. The molecule has 2 aromatic carbocycles. The van der Waals surface area contributed by atoms with Crippen LogP contribution in [0.25, 0.3) is 16.6 Å². The van der Waals surface area contributed by atoms with E-state index in [1.165, 1.54) is 16.7 Å². The zero-order valence-electron chi connectivity index (χ0n) is 16.7. The van der Waals surface area contributed by atoms with Gasteiger partial charge >= 0.3 is 6.18 Å². The molecule has 30 heavy (non-hydrogen) atoms. The summed E-state index contributed by atoms with van der Waals surface area (Å²) in [5.74, 6) is -0.286. The first kappa shape index (κ1) is 21.6. The third kappa shape index (κ3) is 4.38. The Morgan fingerprint density at radius 3 is 2.40 bits per heavy atom. The molecule has 0 aliphatic rings.